The SMILES string of the molecule is CN1C(=O)N(C)C(=O)C2(C1=O)[C@H](c1cccs1)CN(C)[C@@]21C(=O)c2cccc3cccc1c23. The van der Waals surface area contributed by atoms with E-state index in [1.54, 1.807) is 13.1 Å². The van der Waals surface area contributed by atoms with Gasteiger partial charge in [-0.05, 0) is 34.8 Å². The van der Waals surface area contributed by atoms with Crippen LogP contribution in [0.25, 0.3) is 10.8 Å². The van der Waals surface area contributed by atoms with Crippen molar-refractivity contribution in [3.8, 4) is 0 Å². The van der Waals surface area contributed by atoms with Crippen molar-refractivity contribution in [2.24, 2.45) is 5.41 Å². The number of amides is 4. The molecule has 6 rings (SSSR count). The van der Waals surface area contributed by atoms with E-state index >= 15 is 0 Å². The molecule has 1 aromatic heterocycles. The first-order chi connectivity index (χ1) is 15.8. The maximum atomic E-state index is 14.4. The molecule has 7 nitrogen and oxygen atoms in total. The summed E-state index contributed by atoms with van der Waals surface area (Å²) in [5.74, 6) is -2.12. The highest BCUT2D eigenvalue weighted by molar-refractivity contribution is 7.10. The third-order valence-electron chi connectivity index (χ3n) is 7.73. The molecule has 1 aliphatic carbocycles. The van der Waals surface area contributed by atoms with E-state index in [2.05, 4.69) is 0 Å². The summed E-state index contributed by atoms with van der Waals surface area (Å²) in [6.45, 7) is 0.323. The molecule has 166 valence electrons. The normalized spacial score (nSPS) is 26.6. The minimum absolute atomic E-state index is 0.270. The number of likely N-dealkylation sites (N-methyl/N-ethyl adjacent to an activating group) is 1. The number of fused-ring (bicyclic) bond motifs is 2. The molecule has 0 saturated carbocycles. The van der Waals surface area contributed by atoms with E-state index in [-0.39, 0.29) is 5.78 Å². The summed E-state index contributed by atoms with van der Waals surface area (Å²) in [6.07, 6.45) is 0. The van der Waals surface area contributed by atoms with Crippen molar-refractivity contribution in [2.75, 3.05) is 27.7 Å². The topological polar surface area (TPSA) is 78.0 Å². The maximum absolute atomic E-state index is 14.4. The van der Waals surface area contributed by atoms with Gasteiger partial charge in [0, 0.05) is 37.0 Å². The molecule has 33 heavy (non-hydrogen) atoms. The lowest BCUT2D eigenvalue weighted by Crippen LogP contribution is -2.72. The molecule has 3 aromatic rings. The zero-order chi connectivity index (χ0) is 23.3. The Bertz CT molecular complexity index is 1370. The van der Waals surface area contributed by atoms with Gasteiger partial charge in [-0.1, -0.05) is 42.5 Å². The fraction of sp³-hybridized carbons (Fsp3) is 0.280. The fourth-order valence-electron chi connectivity index (χ4n) is 6.44. The van der Waals surface area contributed by atoms with Crippen LogP contribution in [0.1, 0.15) is 26.7 Å². The molecule has 2 aliphatic heterocycles. The Morgan fingerprint density at radius 2 is 1.55 bits per heavy atom. The molecular formula is C25H21N3O4S. The highest BCUT2D eigenvalue weighted by Gasteiger charge is 2.79. The highest BCUT2D eigenvalue weighted by atomic mass is 32.1. The van der Waals surface area contributed by atoms with Crippen LogP contribution >= 0.6 is 11.3 Å². The minimum Gasteiger partial charge on any atom is -0.292 e. The van der Waals surface area contributed by atoms with E-state index < -0.39 is 34.7 Å². The van der Waals surface area contributed by atoms with Gasteiger partial charge in [0.1, 0.15) is 5.54 Å². The molecule has 2 spiro atoms. The Morgan fingerprint density at radius 1 is 0.879 bits per heavy atom. The number of carbonyl (C=O) groups excluding carboxylic acids is 4. The van der Waals surface area contributed by atoms with Gasteiger partial charge in [-0.2, -0.15) is 0 Å². The summed E-state index contributed by atoms with van der Waals surface area (Å²) in [5, 5.41) is 3.55. The van der Waals surface area contributed by atoms with Crippen LogP contribution in [0.15, 0.2) is 53.9 Å². The minimum atomic E-state index is -1.81. The number of urea groups is 1. The lowest BCUT2D eigenvalue weighted by Gasteiger charge is -2.50. The number of thiophene rings is 1. The van der Waals surface area contributed by atoms with E-state index in [1.165, 1.54) is 25.4 Å². The van der Waals surface area contributed by atoms with Gasteiger partial charge in [-0.25, -0.2) is 4.79 Å². The zero-order valence-corrected chi connectivity index (χ0v) is 19.2. The number of likely N-dealkylation sites (tertiary alicyclic amines) is 1. The van der Waals surface area contributed by atoms with Gasteiger partial charge in [-0.15, -0.1) is 11.3 Å². The van der Waals surface area contributed by atoms with Crippen molar-refractivity contribution in [3.05, 3.63) is 69.9 Å². The van der Waals surface area contributed by atoms with Crippen LogP contribution in [0.3, 0.4) is 0 Å². The van der Waals surface area contributed by atoms with Crippen LogP contribution in [0.5, 0.6) is 0 Å². The van der Waals surface area contributed by atoms with Gasteiger partial charge < -0.3 is 0 Å². The standard InChI is InChI=1S/C25H21N3O4S/c1-26-13-17(18-11-6-12-33-18)24(21(30)27(2)23(32)28(3)22(24)31)25(26)16-10-5-8-14-7-4-9-15(19(14)16)20(25)29/h4-12,17H,13H2,1-3H3/t17-,25-/m0/s1. The van der Waals surface area contributed by atoms with Gasteiger partial charge in [0.2, 0.25) is 11.8 Å². The quantitative estimate of drug-likeness (QED) is 0.523. The Balaban J connectivity index is 1.78. The summed E-state index contributed by atoms with van der Waals surface area (Å²) >= 11 is 1.45. The van der Waals surface area contributed by atoms with E-state index in [0.29, 0.717) is 17.7 Å². The summed E-state index contributed by atoms with van der Waals surface area (Å²) in [6, 6.07) is 14.2. The molecule has 0 bridgehead atoms. The summed E-state index contributed by atoms with van der Waals surface area (Å²) in [4.78, 5) is 60.3. The second kappa shape index (κ2) is 6.36. The maximum Gasteiger partial charge on any atom is 0.332 e. The molecule has 2 fully saturated rings. The first kappa shape index (κ1) is 20.3. The van der Waals surface area contributed by atoms with Gasteiger partial charge in [-0.3, -0.25) is 29.1 Å². The number of barbiturate groups is 1. The predicted molar refractivity (Wildman–Crippen MR) is 123 cm³/mol. The number of rotatable bonds is 1. The fourth-order valence-corrected chi connectivity index (χ4v) is 7.33. The van der Waals surface area contributed by atoms with Crippen molar-refractivity contribution >= 4 is 45.7 Å². The average Bonchev–Trinajstić information content (AvgIpc) is 3.50. The first-order valence-corrected chi connectivity index (χ1v) is 11.6. The van der Waals surface area contributed by atoms with E-state index in [0.717, 1.165) is 25.4 Å². The Morgan fingerprint density at radius 3 is 2.18 bits per heavy atom. The van der Waals surface area contributed by atoms with Gasteiger partial charge in [0.15, 0.2) is 11.2 Å². The number of hydrogen-bond acceptors (Lipinski definition) is 6. The molecule has 2 atom stereocenters. The van der Waals surface area contributed by atoms with Crippen LogP contribution in [-0.4, -0.2) is 66.0 Å². The second-order valence-electron chi connectivity index (χ2n) is 9.02. The number of imide groups is 2. The molecule has 8 heteroatoms. The molecule has 4 amide bonds. The third kappa shape index (κ3) is 2.01. The zero-order valence-electron chi connectivity index (χ0n) is 18.4. The molecule has 3 aliphatic rings. The van der Waals surface area contributed by atoms with E-state index in [9.17, 15) is 19.2 Å². The lowest BCUT2D eigenvalue weighted by molar-refractivity contribution is -0.163. The van der Waals surface area contributed by atoms with Crippen LogP contribution in [0.2, 0.25) is 0 Å². The number of Topliss-reactive ketones (excluding diaryl/α,β-unsaturated/α-hetero) is 1. The van der Waals surface area contributed by atoms with Crippen molar-refractivity contribution < 1.29 is 19.2 Å². The number of hydrogen-bond donors (Lipinski definition) is 0. The Kier molecular flexibility index (Phi) is 3.91. The molecule has 0 N–H and O–H groups in total. The second-order valence-corrected chi connectivity index (χ2v) is 10.00. The van der Waals surface area contributed by atoms with Gasteiger partial charge >= 0.3 is 6.03 Å². The van der Waals surface area contributed by atoms with Gasteiger partial charge in [0.05, 0.1) is 0 Å². The van der Waals surface area contributed by atoms with Crippen molar-refractivity contribution in [2.45, 2.75) is 11.5 Å². The first-order valence-electron chi connectivity index (χ1n) is 10.7. The molecular weight excluding hydrogens is 438 g/mol. The van der Waals surface area contributed by atoms with Crippen LogP contribution in [0.4, 0.5) is 4.79 Å². The van der Waals surface area contributed by atoms with Crippen LogP contribution in [-0.2, 0) is 15.1 Å². The molecule has 3 heterocycles. The van der Waals surface area contributed by atoms with Crippen LogP contribution < -0.4 is 0 Å². The predicted octanol–water partition coefficient (Wildman–Crippen LogP) is 3.06. The number of nitrogens with zero attached hydrogens (tertiary/aromatic N) is 3. The molecule has 2 aromatic carbocycles. The van der Waals surface area contributed by atoms with Gasteiger partial charge in [0.25, 0.3) is 0 Å². The van der Waals surface area contributed by atoms with E-state index in [4.69, 9.17) is 0 Å². The molecule has 2 saturated heterocycles. The number of ketones is 1. The number of benzene rings is 2. The van der Waals surface area contributed by atoms with Crippen LogP contribution in [0, 0.1) is 5.41 Å². The summed E-state index contributed by atoms with van der Waals surface area (Å²) < 4.78 is 0. The van der Waals surface area contributed by atoms with Crippen molar-refractivity contribution in [1.29, 1.82) is 0 Å². The largest absolute Gasteiger partial charge is 0.332 e. The Hall–Kier alpha value is -3.36. The van der Waals surface area contributed by atoms with Crippen molar-refractivity contribution in [1.82, 2.24) is 14.7 Å². The summed E-state index contributed by atoms with van der Waals surface area (Å²) in [7, 11) is 4.58. The summed E-state index contributed by atoms with van der Waals surface area (Å²) in [5.41, 5.74) is -2.21. The smallest absolute Gasteiger partial charge is 0.292 e. The van der Waals surface area contributed by atoms with Crippen molar-refractivity contribution in [3.63, 3.8) is 0 Å². The highest BCUT2D eigenvalue weighted by Crippen LogP contribution is 2.65. The number of carbonyl (C=O) groups is 4. The lowest BCUT2D eigenvalue weighted by atomic mass is 9.59. The molecule has 0 radical (unpaired) electrons. The monoisotopic (exact) mass is 459 g/mol. The third-order valence-corrected chi connectivity index (χ3v) is 8.72. The van der Waals surface area contributed by atoms with E-state index in [1.807, 2.05) is 52.7 Å². The Labute approximate surface area is 194 Å². The molecule has 0 unspecified atom stereocenters. The average molecular weight is 460 g/mol.